The number of piperidine rings is 1. The number of fused-ring (bicyclic) bond motifs is 2. The van der Waals surface area contributed by atoms with Crippen molar-refractivity contribution in [2.45, 2.75) is 62.3 Å². The average Bonchev–Trinajstić information content (AvgIpc) is 3.34. The number of carbonyl (C=O) groups is 2. The van der Waals surface area contributed by atoms with Gasteiger partial charge in [0.05, 0.1) is 4.88 Å². The van der Waals surface area contributed by atoms with Crippen molar-refractivity contribution in [2.75, 3.05) is 13.1 Å². The first-order chi connectivity index (χ1) is 14.1. The average molecular weight is 409 g/mol. The number of nitrogens with zero attached hydrogens (tertiary/aromatic N) is 1. The van der Waals surface area contributed by atoms with E-state index in [1.165, 1.54) is 28.9 Å². The van der Waals surface area contributed by atoms with E-state index in [1.54, 1.807) is 0 Å². The van der Waals surface area contributed by atoms with Crippen molar-refractivity contribution >= 4 is 23.2 Å². The first kappa shape index (κ1) is 18.9. The number of nitrogens with one attached hydrogen (secondary N) is 1. The lowest BCUT2D eigenvalue weighted by molar-refractivity contribution is -0.122. The van der Waals surface area contributed by atoms with Gasteiger partial charge in [0.15, 0.2) is 0 Å². The Morgan fingerprint density at radius 3 is 2.59 bits per heavy atom. The van der Waals surface area contributed by atoms with E-state index < -0.39 is 0 Å². The van der Waals surface area contributed by atoms with Gasteiger partial charge in [0.1, 0.15) is 0 Å². The lowest BCUT2D eigenvalue weighted by atomic mass is 9.73. The van der Waals surface area contributed by atoms with E-state index in [2.05, 4.69) is 29.6 Å². The molecule has 3 aliphatic rings. The van der Waals surface area contributed by atoms with Crippen LogP contribution in [0.4, 0.5) is 0 Å². The molecular weight excluding hydrogens is 380 g/mol. The summed E-state index contributed by atoms with van der Waals surface area (Å²) in [6, 6.07) is 13.0. The molecule has 2 fully saturated rings. The molecule has 1 aliphatic heterocycles. The highest BCUT2D eigenvalue weighted by Gasteiger charge is 2.46. The smallest absolute Gasteiger partial charge is 0.263 e. The summed E-state index contributed by atoms with van der Waals surface area (Å²) in [5.41, 5.74) is 2.89. The number of likely N-dealkylation sites (tertiary alicyclic amines) is 1. The summed E-state index contributed by atoms with van der Waals surface area (Å²) in [5, 5.41) is 5.18. The Bertz CT molecular complexity index is 895. The minimum absolute atomic E-state index is 0.115. The summed E-state index contributed by atoms with van der Waals surface area (Å²) in [6.07, 6.45) is 7.10. The summed E-state index contributed by atoms with van der Waals surface area (Å²) in [7, 11) is 0. The van der Waals surface area contributed by atoms with Gasteiger partial charge in [-0.3, -0.25) is 9.59 Å². The van der Waals surface area contributed by atoms with Crippen LogP contribution in [0.5, 0.6) is 0 Å². The Labute approximate surface area is 176 Å². The fraction of sp³-hybridized carbons (Fsp3) is 0.500. The zero-order chi connectivity index (χ0) is 19.8. The molecule has 2 amide bonds. The third-order valence-electron chi connectivity index (χ3n) is 7.25. The van der Waals surface area contributed by atoms with Crippen LogP contribution in [0.15, 0.2) is 41.8 Å². The Kier molecular flexibility index (Phi) is 4.94. The third-order valence-corrected chi connectivity index (χ3v) is 8.11. The van der Waals surface area contributed by atoms with Crippen LogP contribution in [-0.4, -0.2) is 35.8 Å². The van der Waals surface area contributed by atoms with Gasteiger partial charge in [-0.2, -0.15) is 0 Å². The summed E-state index contributed by atoms with van der Waals surface area (Å²) < 4.78 is 0. The van der Waals surface area contributed by atoms with E-state index in [0.717, 1.165) is 50.1 Å². The largest absolute Gasteiger partial charge is 0.353 e. The SMILES string of the molecule is O=C(CC1CC2(CCN(C(=O)c3cccs3)CC2)c2ccccc21)NC1CCC1. The third kappa shape index (κ3) is 3.50. The predicted octanol–water partition coefficient (Wildman–Crippen LogP) is 4.47. The molecule has 1 spiro atoms. The molecule has 1 atom stereocenters. The number of rotatable bonds is 4. The Morgan fingerprint density at radius 1 is 1.10 bits per heavy atom. The second-order valence-electron chi connectivity index (χ2n) is 8.94. The summed E-state index contributed by atoms with van der Waals surface area (Å²) >= 11 is 1.52. The highest BCUT2D eigenvalue weighted by molar-refractivity contribution is 7.12. The number of hydrogen-bond donors (Lipinski definition) is 1. The summed E-state index contributed by atoms with van der Waals surface area (Å²) in [5.74, 6) is 0.667. The maximum Gasteiger partial charge on any atom is 0.263 e. The topological polar surface area (TPSA) is 49.4 Å². The molecule has 1 aromatic carbocycles. The molecule has 1 saturated carbocycles. The van der Waals surface area contributed by atoms with E-state index >= 15 is 0 Å². The fourth-order valence-electron chi connectivity index (χ4n) is 5.44. The molecule has 29 heavy (non-hydrogen) atoms. The number of thiophene rings is 1. The molecule has 2 heterocycles. The van der Waals surface area contributed by atoms with Crippen molar-refractivity contribution in [1.29, 1.82) is 0 Å². The maximum atomic E-state index is 12.7. The fourth-order valence-corrected chi connectivity index (χ4v) is 6.13. The first-order valence-electron chi connectivity index (χ1n) is 10.9. The molecule has 0 bridgehead atoms. The van der Waals surface area contributed by atoms with Gasteiger partial charge in [0, 0.05) is 25.6 Å². The van der Waals surface area contributed by atoms with E-state index in [1.807, 2.05) is 22.4 Å². The Hall–Kier alpha value is -2.14. The van der Waals surface area contributed by atoms with Crippen molar-refractivity contribution in [3.8, 4) is 0 Å². The number of hydrogen-bond acceptors (Lipinski definition) is 3. The van der Waals surface area contributed by atoms with E-state index in [4.69, 9.17) is 0 Å². The highest BCUT2D eigenvalue weighted by Crippen LogP contribution is 2.52. The normalized spacial score (nSPS) is 22.9. The number of amides is 2. The van der Waals surface area contributed by atoms with Gasteiger partial charge in [-0.1, -0.05) is 30.3 Å². The van der Waals surface area contributed by atoms with Gasteiger partial charge in [-0.25, -0.2) is 0 Å². The number of carbonyl (C=O) groups excluding carboxylic acids is 2. The molecule has 0 radical (unpaired) electrons. The minimum Gasteiger partial charge on any atom is -0.353 e. The monoisotopic (exact) mass is 408 g/mol. The molecule has 2 aliphatic carbocycles. The van der Waals surface area contributed by atoms with E-state index in [-0.39, 0.29) is 17.2 Å². The van der Waals surface area contributed by atoms with Crippen molar-refractivity contribution < 1.29 is 9.59 Å². The molecule has 2 aromatic rings. The van der Waals surface area contributed by atoms with Crippen LogP contribution in [0.3, 0.4) is 0 Å². The maximum absolute atomic E-state index is 12.7. The van der Waals surface area contributed by atoms with Gasteiger partial charge in [-0.15, -0.1) is 11.3 Å². The zero-order valence-electron chi connectivity index (χ0n) is 16.7. The molecular formula is C24H28N2O2S. The quantitative estimate of drug-likeness (QED) is 0.812. The van der Waals surface area contributed by atoms with Crippen LogP contribution in [-0.2, 0) is 10.2 Å². The standard InChI is InChI=1S/C24H28N2O2S/c27-22(25-18-5-3-6-18)15-17-16-24(20-8-2-1-7-19(17)20)10-12-26(13-11-24)23(28)21-9-4-14-29-21/h1-2,4,7-9,14,17-18H,3,5-6,10-13,15-16H2,(H,25,27). The Morgan fingerprint density at radius 2 is 1.90 bits per heavy atom. The molecule has 1 unspecified atom stereocenters. The lowest BCUT2D eigenvalue weighted by Gasteiger charge is -2.40. The second kappa shape index (κ2) is 7.60. The van der Waals surface area contributed by atoms with Crippen LogP contribution in [0.25, 0.3) is 0 Å². The van der Waals surface area contributed by atoms with Gasteiger partial charge < -0.3 is 10.2 Å². The van der Waals surface area contributed by atoms with Crippen molar-refractivity contribution in [2.24, 2.45) is 0 Å². The molecule has 5 heteroatoms. The van der Waals surface area contributed by atoms with Crippen LogP contribution >= 0.6 is 11.3 Å². The van der Waals surface area contributed by atoms with E-state index in [9.17, 15) is 9.59 Å². The predicted molar refractivity (Wildman–Crippen MR) is 115 cm³/mol. The molecule has 1 saturated heterocycles. The highest BCUT2D eigenvalue weighted by atomic mass is 32.1. The van der Waals surface area contributed by atoms with Gasteiger partial charge in [0.2, 0.25) is 5.91 Å². The van der Waals surface area contributed by atoms with E-state index in [0.29, 0.717) is 18.4 Å². The van der Waals surface area contributed by atoms with Crippen LogP contribution in [0.1, 0.15) is 71.7 Å². The van der Waals surface area contributed by atoms with Crippen molar-refractivity contribution in [1.82, 2.24) is 10.2 Å². The molecule has 4 nitrogen and oxygen atoms in total. The summed E-state index contributed by atoms with van der Waals surface area (Å²) in [4.78, 5) is 28.2. The van der Waals surface area contributed by atoms with Crippen LogP contribution in [0, 0.1) is 0 Å². The zero-order valence-corrected chi connectivity index (χ0v) is 17.5. The Balaban J connectivity index is 1.29. The van der Waals surface area contributed by atoms with Crippen molar-refractivity contribution in [3.05, 3.63) is 57.8 Å². The second-order valence-corrected chi connectivity index (χ2v) is 9.89. The van der Waals surface area contributed by atoms with Crippen LogP contribution in [0.2, 0.25) is 0 Å². The minimum atomic E-state index is 0.115. The lowest BCUT2D eigenvalue weighted by Crippen LogP contribution is -2.44. The van der Waals surface area contributed by atoms with Gasteiger partial charge >= 0.3 is 0 Å². The molecule has 152 valence electrons. The molecule has 1 aromatic heterocycles. The number of benzene rings is 1. The summed E-state index contributed by atoms with van der Waals surface area (Å²) in [6.45, 7) is 1.60. The molecule has 1 N–H and O–H groups in total. The first-order valence-corrected chi connectivity index (χ1v) is 11.7. The van der Waals surface area contributed by atoms with Crippen molar-refractivity contribution in [3.63, 3.8) is 0 Å². The van der Waals surface area contributed by atoms with Gasteiger partial charge in [-0.05, 0) is 72.4 Å². The van der Waals surface area contributed by atoms with Gasteiger partial charge in [0.25, 0.3) is 5.91 Å². The molecule has 5 rings (SSSR count). The van der Waals surface area contributed by atoms with Crippen LogP contribution < -0.4 is 5.32 Å².